The molecule has 0 spiro atoms. The molecule has 1 heterocycles. The van der Waals surface area contributed by atoms with E-state index < -0.39 is 17.8 Å². The third-order valence-electron chi connectivity index (χ3n) is 5.91. The van der Waals surface area contributed by atoms with Gasteiger partial charge in [0.1, 0.15) is 11.5 Å². The van der Waals surface area contributed by atoms with Crippen LogP contribution in [0, 0.1) is 5.82 Å². The third-order valence-corrected chi connectivity index (χ3v) is 5.91. The number of aliphatic hydroxyl groups excluding tert-OH is 1. The summed E-state index contributed by atoms with van der Waals surface area (Å²) in [6.45, 7) is 0.0888. The van der Waals surface area contributed by atoms with Gasteiger partial charge in [-0.05, 0) is 52.9 Å². The van der Waals surface area contributed by atoms with Crippen LogP contribution in [-0.2, 0) is 24.4 Å². The number of amides is 2. The maximum Gasteiger partial charge on any atom is 0.251 e. The molecule has 3 aromatic carbocycles. The average molecular weight is 504 g/mol. The number of nitrogens with one attached hydrogen (secondary N) is 2. The van der Waals surface area contributed by atoms with Gasteiger partial charge in [0.05, 0.1) is 31.8 Å². The van der Waals surface area contributed by atoms with Crippen molar-refractivity contribution < 1.29 is 24.3 Å². The summed E-state index contributed by atoms with van der Waals surface area (Å²) >= 11 is 0. The van der Waals surface area contributed by atoms with E-state index in [9.17, 15) is 19.1 Å². The molecular formula is C27H26FN5O4. The summed E-state index contributed by atoms with van der Waals surface area (Å²) in [7, 11) is 0. The molecule has 37 heavy (non-hydrogen) atoms. The molecular weight excluding hydrogens is 477 g/mol. The van der Waals surface area contributed by atoms with Gasteiger partial charge in [0, 0.05) is 5.56 Å². The lowest BCUT2D eigenvalue weighted by Crippen LogP contribution is -2.25. The van der Waals surface area contributed by atoms with Gasteiger partial charge in [-0.25, -0.2) is 14.6 Å². The summed E-state index contributed by atoms with van der Waals surface area (Å²) in [5.41, 5.74) is 6.28. The fraction of sp³-hybridized carbons (Fsp3) is 0.185. The van der Waals surface area contributed by atoms with Gasteiger partial charge in [-0.1, -0.05) is 53.7 Å². The molecule has 0 bridgehead atoms. The monoisotopic (exact) mass is 503 g/mol. The van der Waals surface area contributed by atoms with Gasteiger partial charge in [0.2, 0.25) is 5.91 Å². The highest BCUT2D eigenvalue weighted by molar-refractivity contribution is 5.94. The molecule has 0 unspecified atom stereocenters. The Balaban J connectivity index is 1.43. The van der Waals surface area contributed by atoms with Crippen molar-refractivity contribution in [3.63, 3.8) is 0 Å². The van der Waals surface area contributed by atoms with Gasteiger partial charge < -0.3 is 10.4 Å². The Morgan fingerprint density at radius 3 is 2.14 bits per heavy atom. The Kier molecular flexibility index (Phi) is 8.34. The fourth-order valence-corrected chi connectivity index (χ4v) is 3.87. The van der Waals surface area contributed by atoms with Crippen LogP contribution in [0.1, 0.15) is 39.6 Å². The van der Waals surface area contributed by atoms with E-state index in [4.69, 9.17) is 5.21 Å². The summed E-state index contributed by atoms with van der Waals surface area (Å²) in [4.78, 5) is 24.2. The van der Waals surface area contributed by atoms with Crippen molar-refractivity contribution in [2.24, 2.45) is 0 Å². The fourth-order valence-electron chi connectivity index (χ4n) is 3.87. The number of aliphatic hydroxyl groups is 1. The second-order valence-electron chi connectivity index (χ2n) is 8.53. The van der Waals surface area contributed by atoms with Crippen LogP contribution in [0.15, 0.2) is 79.0 Å². The first-order valence-electron chi connectivity index (χ1n) is 11.6. The highest BCUT2D eigenvalue weighted by Gasteiger charge is 2.19. The first-order valence-corrected chi connectivity index (χ1v) is 11.6. The summed E-state index contributed by atoms with van der Waals surface area (Å²) in [6.07, 6.45) is 2.05. The molecule has 1 atom stereocenters. The number of hydrogen-bond donors (Lipinski definition) is 4. The molecule has 0 aliphatic rings. The highest BCUT2D eigenvalue weighted by Crippen LogP contribution is 2.23. The van der Waals surface area contributed by atoms with Crippen LogP contribution < -0.4 is 10.8 Å². The van der Waals surface area contributed by atoms with Gasteiger partial charge in [0.15, 0.2) is 0 Å². The summed E-state index contributed by atoms with van der Waals surface area (Å²) in [6, 6.07) is 20.3. The van der Waals surface area contributed by atoms with Crippen LogP contribution in [-0.4, -0.2) is 37.1 Å². The van der Waals surface area contributed by atoms with Crippen LogP contribution >= 0.6 is 0 Å². The van der Waals surface area contributed by atoms with Crippen LogP contribution in [0.2, 0.25) is 0 Å². The molecule has 190 valence electrons. The van der Waals surface area contributed by atoms with E-state index in [0.717, 1.165) is 22.3 Å². The van der Waals surface area contributed by atoms with E-state index in [0.29, 0.717) is 17.7 Å². The number of carbonyl (C=O) groups is 2. The Labute approximate surface area is 212 Å². The summed E-state index contributed by atoms with van der Waals surface area (Å²) in [5, 5.41) is 29.2. The number of halogens is 1. The molecule has 0 saturated heterocycles. The van der Waals surface area contributed by atoms with E-state index in [-0.39, 0.29) is 25.5 Å². The van der Waals surface area contributed by atoms with Crippen LogP contribution in [0.5, 0.6) is 0 Å². The molecule has 1 aromatic heterocycles. The van der Waals surface area contributed by atoms with Crippen LogP contribution in [0.4, 0.5) is 4.39 Å². The van der Waals surface area contributed by atoms with E-state index in [1.54, 1.807) is 11.7 Å². The maximum absolute atomic E-state index is 13.1. The SMILES string of the molecule is O=C(C[C@@H](Cc1ccc(-c2ccc(CO)cc2)cc1)n1cc(CNC(=O)c2ccc(F)cc2)nn1)NO. The number of rotatable bonds is 10. The molecule has 2 amide bonds. The lowest BCUT2D eigenvalue weighted by molar-refractivity contribution is -0.130. The van der Waals surface area contributed by atoms with Crippen LogP contribution in [0.25, 0.3) is 11.1 Å². The van der Waals surface area contributed by atoms with Crippen molar-refractivity contribution in [1.29, 1.82) is 0 Å². The normalized spacial score (nSPS) is 11.6. The summed E-state index contributed by atoms with van der Waals surface area (Å²) in [5.74, 6) is -1.37. The zero-order valence-corrected chi connectivity index (χ0v) is 19.8. The quantitative estimate of drug-likeness (QED) is 0.194. The molecule has 4 N–H and O–H groups in total. The number of nitrogens with zero attached hydrogens (tertiary/aromatic N) is 3. The van der Waals surface area contributed by atoms with E-state index >= 15 is 0 Å². The van der Waals surface area contributed by atoms with E-state index in [1.807, 2.05) is 48.5 Å². The molecule has 4 aromatic rings. The molecule has 0 fully saturated rings. The van der Waals surface area contributed by atoms with Gasteiger partial charge in [-0.3, -0.25) is 14.8 Å². The lowest BCUT2D eigenvalue weighted by atomic mass is 9.99. The maximum atomic E-state index is 13.1. The standard InChI is InChI=1S/C27H26FN5O4/c28-23-11-9-22(10-12-23)27(36)29-15-24-16-33(32-30-24)25(14-26(35)31-37)13-18-1-5-20(6-2-18)21-7-3-19(17-34)4-8-21/h1-12,16,25,34,37H,13-15,17H2,(H,29,36)(H,31,35)/t25-/m1/s1. The highest BCUT2D eigenvalue weighted by atomic mass is 19.1. The average Bonchev–Trinajstić information content (AvgIpc) is 3.41. The second-order valence-corrected chi connectivity index (χ2v) is 8.53. The number of benzene rings is 3. The topological polar surface area (TPSA) is 129 Å². The lowest BCUT2D eigenvalue weighted by Gasteiger charge is -2.16. The van der Waals surface area contributed by atoms with Gasteiger partial charge >= 0.3 is 0 Å². The Bertz CT molecular complexity index is 1340. The number of hydrogen-bond acceptors (Lipinski definition) is 6. The molecule has 9 nitrogen and oxygen atoms in total. The van der Waals surface area contributed by atoms with Gasteiger partial charge in [-0.2, -0.15) is 0 Å². The number of hydroxylamine groups is 1. The second kappa shape index (κ2) is 12.0. The van der Waals surface area contributed by atoms with Crippen molar-refractivity contribution >= 4 is 11.8 Å². The van der Waals surface area contributed by atoms with Gasteiger partial charge in [-0.15, -0.1) is 5.10 Å². The predicted molar refractivity (Wildman–Crippen MR) is 133 cm³/mol. The smallest absolute Gasteiger partial charge is 0.251 e. The third kappa shape index (κ3) is 6.84. The number of aromatic nitrogens is 3. The number of carbonyl (C=O) groups excluding carboxylic acids is 2. The van der Waals surface area contributed by atoms with Gasteiger partial charge in [0.25, 0.3) is 5.91 Å². The minimum atomic E-state index is -0.563. The molecule has 0 aliphatic heterocycles. The molecule has 10 heteroatoms. The Hall–Kier alpha value is -4.41. The first kappa shape index (κ1) is 25.7. The molecule has 4 rings (SSSR count). The van der Waals surface area contributed by atoms with E-state index in [1.165, 1.54) is 28.9 Å². The predicted octanol–water partition coefficient (Wildman–Crippen LogP) is 3.19. The van der Waals surface area contributed by atoms with Crippen molar-refractivity contribution in [2.75, 3.05) is 0 Å². The van der Waals surface area contributed by atoms with Crippen molar-refractivity contribution in [2.45, 2.75) is 32.0 Å². The Morgan fingerprint density at radius 2 is 1.54 bits per heavy atom. The van der Waals surface area contributed by atoms with Crippen molar-refractivity contribution in [3.8, 4) is 11.1 Å². The van der Waals surface area contributed by atoms with Crippen molar-refractivity contribution in [1.82, 2.24) is 25.8 Å². The minimum absolute atomic E-state index is 0.00730. The molecule has 0 radical (unpaired) electrons. The zero-order chi connectivity index (χ0) is 26.2. The van der Waals surface area contributed by atoms with E-state index in [2.05, 4.69) is 15.6 Å². The zero-order valence-electron chi connectivity index (χ0n) is 19.8. The van der Waals surface area contributed by atoms with Crippen molar-refractivity contribution in [3.05, 3.63) is 107 Å². The largest absolute Gasteiger partial charge is 0.392 e. The Morgan fingerprint density at radius 1 is 0.919 bits per heavy atom. The van der Waals surface area contributed by atoms with Crippen LogP contribution in [0.3, 0.4) is 0 Å². The molecule has 0 aliphatic carbocycles. The molecule has 0 saturated carbocycles. The first-order chi connectivity index (χ1) is 17.9. The summed E-state index contributed by atoms with van der Waals surface area (Å²) < 4.78 is 14.6. The minimum Gasteiger partial charge on any atom is -0.392 e.